The van der Waals surface area contributed by atoms with Gasteiger partial charge in [0.2, 0.25) is 0 Å². The number of aryl methyl sites for hydroxylation is 2. The third kappa shape index (κ3) is 2.20. The van der Waals surface area contributed by atoms with E-state index >= 15 is 0 Å². The maximum atomic E-state index is 13.3. The fourth-order valence-corrected chi connectivity index (χ4v) is 2.38. The predicted octanol–water partition coefficient (Wildman–Crippen LogP) is 2.91. The fraction of sp³-hybridized carbons (Fsp3) is 0.538. The van der Waals surface area contributed by atoms with E-state index < -0.39 is 0 Å². The standard InChI is InChI=1S/C13H18FN/c1-9-8-13(14)10(2)7-12(9)11-3-5-15-6-4-11/h7-8,11,15H,3-6H2,1-2H3. The van der Waals surface area contributed by atoms with Crippen molar-refractivity contribution in [2.75, 3.05) is 13.1 Å². The molecule has 1 aromatic rings. The van der Waals surface area contributed by atoms with Gasteiger partial charge in [0.15, 0.2) is 0 Å². The molecule has 82 valence electrons. The largest absolute Gasteiger partial charge is 0.317 e. The van der Waals surface area contributed by atoms with Crippen molar-refractivity contribution in [3.8, 4) is 0 Å². The van der Waals surface area contributed by atoms with Gasteiger partial charge < -0.3 is 5.32 Å². The molecule has 1 aliphatic heterocycles. The molecule has 2 heteroatoms. The molecule has 1 saturated heterocycles. The second-order valence-electron chi connectivity index (χ2n) is 4.48. The number of nitrogens with one attached hydrogen (secondary N) is 1. The summed E-state index contributed by atoms with van der Waals surface area (Å²) < 4.78 is 13.3. The van der Waals surface area contributed by atoms with Crippen LogP contribution in [0, 0.1) is 19.7 Å². The fourth-order valence-electron chi connectivity index (χ4n) is 2.38. The van der Waals surface area contributed by atoms with Crippen LogP contribution in [0.3, 0.4) is 0 Å². The number of hydrogen-bond acceptors (Lipinski definition) is 1. The summed E-state index contributed by atoms with van der Waals surface area (Å²) in [4.78, 5) is 0. The smallest absolute Gasteiger partial charge is 0.126 e. The van der Waals surface area contributed by atoms with Crippen LogP contribution < -0.4 is 5.32 Å². The van der Waals surface area contributed by atoms with Crippen LogP contribution in [-0.2, 0) is 0 Å². The highest BCUT2D eigenvalue weighted by atomic mass is 19.1. The molecule has 0 saturated carbocycles. The van der Waals surface area contributed by atoms with Gasteiger partial charge in [0.05, 0.1) is 0 Å². The summed E-state index contributed by atoms with van der Waals surface area (Å²) in [5.41, 5.74) is 3.22. The van der Waals surface area contributed by atoms with E-state index in [4.69, 9.17) is 0 Å². The van der Waals surface area contributed by atoms with Crippen molar-refractivity contribution >= 4 is 0 Å². The summed E-state index contributed by atoms with van der Waals surface area (Å²) in [6, 6.07) is 3.70. The highest BCUT2D eigenvalue weighted by molar-refractivity contribution is 5.34. The summed E-state index contributed by atoms with van der Waals surface area (Å²) in [7, 11) is 0. The van der Waals surface area contributed by atoms with Crippen LogP contribution in [0.4, 0.5) is 4.39 Å². The van der Waals surface area contributed by atoms with Crippen LogP contribution in [0.1, 0.15) is 35.4 Å². The molecule has 1 fully saturated rings. The molecule has 0 radical (unpaired) electrons. The lowest BCUT2D eigenvalue weighted by molar-refractivity contribution is 0.458. The van der Waals surface area contributed by atoms with E-state index in [0.717, 1.165) is 24.2 Å². The molecule has 1 nitrogen and oxygen atoms in total. The Hall–Kier alpha value is -0.890. The van der Waals surface area contributed by atoms with E-state index in [0.29, 0.717) is 5.92 Å². The van der Waals surface area contributed by atoms with Crippen LogP contribution >= 0.6 is 0 Å². The zero-order valence-corrected chi connectivity index (χ0v) is 9.44. The van der Waals surface area contributed by atoms with E-state index in [1.54, 1.807) is 6.07 Å². The van der Waals surface area contributed by atoms with E-state index in [-0.39, 0.29) is 5.82 Å². The average molecular weight is 207 g/mol. The van der Waals surface area contributed by atoms with Gasteiger partial charge in [-0.3, -0.25) is 0 Å². The minimum Gasteiger partial charge on any atom is -0.317 e. The Morgan fingerprint density at radius 1 is 1.13 bits per heavy atom. The molecule has 2 rings (SSSR count). The molecule has 0 spiro atoms. The summed E-state index contributed by atoms with van der Waals surface area (Å²) in [6.45, 7) is 6.03. The molecule has 1 aliphatic rings. The first-order chi connectivity index (χ1) is 7.18. The van der Waals surface area contributed by atoms with Gasteiger partial charge >= 0.3 is 0 Å². The highest BCUT2D eigenvalue weighted by Gasteiger charge is 2.17. The first kappa shape index (κ1) is 10.6. The molecule has 0 bridgehead atoms. The number of piperidine rings is 1. The molecule has 0 unspecified atom stereocenters. The molecular weight excluding hydrogens is 189 g/mol. The Bertz CT molecular complexity index is 354. The summed E-state index contributed by atoms with van der Waals surface area (Å²) >= 11 is 0. The van der Waals surface area contributed by atoms with Crippen molar-refractivity contribution in [3.05, 3.63) is 34.6 Å². The Balaban J connectivity index is 2.30. The van der Waals surface area contributed by atoms with Crippen molar-refractivity contribution in [1.29, 1.82) is 0 Å². The van der Waals surface area contributed by atoms with E-state index in [1.165, 1.54) is 18.4 Å². The quantitative estimate of drug-likeness (QED) is 0.746. The van der Waals surface area contributed by atoms with E-state index in [9.17, 15) is 4.39 Å². The second-order valence-corrected chi connectivity index (χ2v) is 4.48. The zero-order chi connectivity index (χ0) is 10.8. The molecule has 0 atom stereocenters. The second kappa shape index (κ2) is 4.31. The highest BCUT2D eigenvalue weighted by Crippen LogP contribution is 2.29. The topological polar surface area (TPSA) is 12.0 Å². The van der Waals surface area contributed by atoms with Crippen molar-refractivity contribution in [3.63, 3.8) is 0 Å². The van der Waals surface area contributed by atoms with Crippen LogP contribution in [0.25, 0.3) is 0 Å². The first-order valence-electron chi connectivity index (χ1n) is 5.66. The number of halogens is 1. The Labute approximate surface area is 90.7 Å². The zero-order valence-electron chi connectivity index (χ0n) is 9.44. The van der Waals surface area contributed by atoms with E-state index in [2.05, 4.69) is 5.32 Å². The van der Waals surface area contributed by atoms with Crippen molar-refractivity contribution in [2.24, 2.45) is 0 Å². The third-order valence-corrected chi connectivity index (χ3v) is 3.33. The Kier molecular flexibility index (Phi) is 3.06. The van der Waals surface area contributed by atoms with Crippen molar-refractivity contribution in [1.82, 2.24) is 5.32 Å². The van der Waals surface area contributed by atoms with Crippen molar-refractivity contribution < 1.29 is 4.39 Å². The maximum absolute atomic E-state index is 13.3. The lowest BCUT2D eigenvalue weighted by Crippen LogP contribution is -2.27. The lowest BCUT2D eigenvalue weighted by Gasteiger charge is -2.24. The third-order valence-electron chi connectivity index (χ3n) is 3.33. The molecular formula is C13H18FN. The van der Waals surface area contributed by atoms with Crippen LogP contribution in [0.5, 0.6) is 0 Å². The van der Waals surface area contributed by atoms with Gasteiger partial charge in [0.1, 0.15) is 5.82 Å². The van der Waals surface area contributed by atoms with Gasteiger partial charge in [-0.25, -0.2) is 4.39 Å². The Morgan fingerprint density at radius 2 is 1.80 bits per heavy atom. The molecule has 15 heavy (non-hydrogen) atoms. The summed E-state index contributed by atoms with van der Waals surface area (Å²) in [6.07, 6.45) is 2.35. The molecule has 0 aromatic heterocycles. The minimum absolute atomic E-state index is 0.0785. The average Bonchev–Trinajstić information content (AvgIpc) is 2.25. The summed E-state index contributed by atoms with van der Waals surface area (Å²) in [5.74, 6) is 0.538. The molecule has 1 heterocycles. The Morgan fingerprint density at radius 3 is 2.47 bits per heavy atom. The number of hydrogen-bond donors (Lipinski definition) is 1. The summed E-state index contributed by atoms with van der Waals surface area (Å²) in [5, 5.41) is 3.36. The normalized spacial score (nSPS) is 18.1. The van der Waals surface area contributed by atoms with Gasteiger partial charge in [0, 0.05) is 0 Å². The van der Waals surface area contributed by atoms with Gasteiger partial charge in [-0.05, 0) is 68.5 Å². The predicted molar refractivity (Wildman–Crippen MR) is 60.7 cm³/mol. The SMILES string of the molecule is Cc1cc(C2CCNCC2)c(C)cc1F. The van der Waals surface area contributed by atoms with Gasteiger partial charge in [-0.15, -0.1) is 0 Å². The molecule has 0 aliphatic carbocycles. The van der Waals surface area contributed by atoms with Gasteiger partial charge in [0.25, 0.3) is 0 Å². The van der Waals surface area contributed by atoms with E-state index in [1.807, 2.05) is 19.9 Å². The first-order valence-corrected chi connectivity index (χ1v) is 5.66. The van der Waals surface area contributed by atoms with Gasteiger partial charge in [-0.2, -0.15) is 0 Å². The number of rotatable bonds is 1. The van der Waals surface area contributed by atoms with Crippen LogP contribution in [0.2, 0.25) is 0 Å². The maximum Gasteiger partial charge on any atom is 0.126 e. The minimum atomic E-state index is -0.0785. The molecule has 0 amide bonds. The number of benzene rings is 1. The molecule has 1 N–H and O–H groups in total. The van der Waals surface area contributed by atoms with Crippen molar-refractivity contribution in [2.45, 2.75) is 32.6 Å². The van der Waals surface area contributed by atoms with Gasteiger partial charge in [-0.1, -0.05) is 6.07 Å². The lowest BCUT2D eigenvalue weighted by atomic mass is 9.86. The monoisotopic (exact) mass is 207 g/mol. The van der Waals surface area contributed by atoms with Crippen LogP contribution in [0.15, 0.2) is 12.1 Å². The molecule has 1 aromatic carbocycles. The van der Waals surface area contributed by atoms with Crippen LogP contribution in [-0.4, -0.2) is 13.1 Å².